The molecule has 0 bridgehead atoms. The molecule has 0 aliphatic heterocycles. The number of benzene rings is 1. The predicted molar refractivity (Wildman–Crippen MR) is 104 cm³/mol. The maximum absolute atomic E-state index is 5.30. The van der Waals surface area contributed by atoms with Gasteiger partial charge in [-0.1, -0.05) is 26.7 Å². The number of nitrogens with zero attached hydrogens (tertiary/aromatic N) is 1. The molecule has 0 saturated heterocycles. The summed E-state index contributed by atoms with van der Waals surface area (Å²) in [4.78, 5) is 4.24. The summed E-state index contributed by atoms with van der Waals surface area (Å²) in [6.45, 7) is 5.33. The highest BCUT2D eigenvalue weighted by Gasteiger charge is 2.08. The summed E-state index contributed by atoms with van der Waals surface area (Å²) in [5.74, 6) is 2.82. The number of aliphatic imine (C=N–C) groups is 1. The minimum absolute atomic E-state index is 0. The summed E-state index contributed by atoms with van der Waals surface area (Å²) in [6, 6.07) is 5.70. The first-order valence-corrected chi connectivity index (χ1v) is 7.38. The molecule has 0 fully saturated rings. The molecule has 0 unspecified atom stereocenters. The van der Waals surface area contributed by atoms with Gasteiger partial charge in [-0.25, -0.2) is 0 Å². The van der Waals surface area contributed by atoms with Gasteiger partial charge in [-0.3, -0.25) is 4.99 Å². The lowest BCUT2D eigenvalue weighted by Gasteiger charge is -2.17. The molecule has 1 aromatic rings. The van der Waals surface area contributed by atoms with Crippen molar-refractivity contribution < 1.29 is 9.47 Å². The van der Waals surface area contributed by atoms with Crippen molar-refractivity contribution in [3.63, 3.8) is 0 Å². The molecule has 0 atom stereocenters. The zero-order valence-electron chi connectivity index (χ0n) is 14.1. The fraction of sp³-hybridized carbons (Fsp3) is 0.562. The Balaban J connectivity index is 0.00000441. The number of guanidine groups is 1. The van der Waals surface area contributed by atoms with E-state index in [-0.39, 0.29) is 24.0 Å². The summed E-state index contributed by atoms with van der Waals surface area (Å²) in [6.07, 6.45) is 2.33. The molecule has 0 saturated carbocycles. The summed E-state index contributed by atoms with van der Waals surface area (Å²) in [5.41, 5.74) is 0.908. The van der Waals surface area contributed by atoms with Gasteiger partial charge in [0.1, 0.15) is 0 Å². The largest absolute Gasteiger partial charge is 0.493 e. The van der Waals surface area contributed by atoms with Gasteiger partial charge in [-0.15, -0.1) is 24.0 Å². The van der Waals surface area contributed by atoms with Gasteiger partial charge in [0.2, 0.25) is 0 Å². The van der Waals surface area contributed by atoms with Crippen molar-refractivity contribution in [2.24, 2.45) is 10.9 Å². The van der Waals surface area contributed by atoms with E-state index >= 15 is 0 Å². The van der Waals surface area contributed by atoms with Crippen LogP contribution in [0.5, 0.6) is 11.5 Å². The average Bonchev–Trinajstić information content (AvgIpc) is 2.54. The molecule has 0 amide bonds. The van der Waals surface area contributed by atoms with Crippen molar-refractivity contribution in [2.75, 3.05) is 33.1 Å². The molecule has 0 heterocycles. The molecule has 1 aromatic carbocycles. The van der Waals surface area contributed by atoms with Crippen LogP contribution in [0.1, 0.15) is 26.7 Å². The lowest BCUT2D eigenvalue weighted by Crippen LogP contribution is -2.34. The number of anilines is 1. The Morgan fingerprint density at radius 1 is 1.14 bits per heavy atom. The highest BCUT2D eigenvalue weighted by Crippen LogP contribution is 2.29. The Kier molecular flexibility index (Phi) is 10.8. The van der Waals surface area contributed by atoms with E-state index in [1.165, 1.54) is 0 Å². The Labute approximate surface area is 150 Å². The second-order valence-electron chi connectivity index (χ2n) is 4.83. The van der Waals surface area contributed by atoms with Crippen LogP contribution >= 0.6 is 24.0 Å². The van der Waals surface area contributed by atoms with Crippen LogP contribution in [-0.4, -0.2) is 33.8 Å². The fourth-order valence-electron chi connectivity index (χ4n) is 2.05. The van der Waals surface area contributed by atoms with E-state index in [0.717, 1.165) is 31.0 Å². The van der Waals surface area contributed by atoms with Crippen molar-refractivity contribution in [3.8, 4) is 11.5 Å². The molecule has 0 aliphatic rings. The molecule has 0 radical (unpaired) electrons. The van der Waals surface area contributed by atoms with Crippen molar-refractivity contribution >= 4 is 35.6 Å². The lowest BCUT2D eigenvalue weighted by molar-refractivity contribution is 0.355. The van der Waals surface area contributed by atoms with E-state index in [2.05, 4.69) is 29.5 Å². The third-order valence-corrected chi connectivity index (χ3v) is 3.58. The number of methoxy groups -OCH3 is 2. The molecule has 5 nitrogen and oxygen atoms in total. The number of ether oxygens (including phenoxy) is 2. The van der Waals surface area contributed by atoms with Gasteiger partial charge >= 0.3 is 0 Å². The minimum atomic E-state index is 0. The fourth-order valence-corrected chi connectivity index (χ4v) is 2.05. The van der Waals surface area contributed by atoms with Crippen LogP contribution in [0.2, 0.25) is 0 Å². The Morgan fingerprint density at radius 2 is 1.77 bits per heavy atom. The first-order valence-electron chi connectivity index (χ1n) is 7.38. The number of rotatable bonds is 7. The Morgan fingerprint density at radius 3 is 2.27 bits per heavy atom. The molecule has 1 rings (SSSR count). The van der Waals surface area contributed by atoms with Gasteiger partial charge in [0.05, 0.1) is 14.2 Å². The molecule has 2 N–H and O–H groups in total. The lowest BCUT2D eigenvalue weighted by atomic mass is 10.0. The second-order valence-corrected chi connectivity index (χ2v) is 4.83. The third-order valence-electron chi connectivity index (χ3n) is 3.58. The average molecular weight is 421 g/mol. The van der Waals surface area contributed by atoms with Crippen molar-refractivity contribution in [2.45, 2.75) is 26.7 Å². The van der Waals surface area contributed by atoms with Crippen LogP contribution in [0.25, 0.3) is 0 Å². The van der Waals surface area contributed by atoms with E-state index < -0.39 is 0 Å². The van der Waals surface area contributed by atoms with E-state index in [0.29, 0.717) is 17.4 Å². The van der Waals surface area contributed by atoms with E-state index in [1.54, 1.807) is 21.3 Å². The maximum Gasteiger partial charge on any atom is 0.195 e. The van der Waals surface area contributed by atoms with Gasteiger partial charge in [0.25, 0.3) is 0 Å². The smallest absolute Gasteiger partial charge is 0.195 e. The molecule has 0 aliphatic carbocycles. The molecular weight excluding hydrogens is 393 g/mol. The zero-order valence-corrected chi connectivity index (χ0v) is 16.4. The van der Waals surface area contributed by atoms with Crippen molar-refractivity contribution in [1.29, 1.82) is 0 Å². The molecule has 22 heavy (non-hydrogen) atoms. The van der Waals surface area contributed by atoms with Crippen LogP contribution < -0.4 is 20.1 Å². The van der Waals surface area contributed by atoms with Crippen LogP contribution in [0.3, 0.4) is 0 Å². The molecule has 0 spiro atoms. The van der Waals surface area contributed by atoms with Crippen molar-refractivity contribution in [3.05, 3.63) is 18.2 Å². The van der Waals surface area contributed by atoms with Gasteiger partial charge in [-0.2, -0.15) is 0 Å². The molecule has 126 valence electrons. The third kappa shape index (κ3) is 6.29. The van der Waals surface area contributed by atoms with Crippen LogP contribution in [-0.2, 0) is 0 Å². The summed E-state index contributed by atoms with van der Waals surface area (Å²) < 4.78 is 10.5. The van der Waals surface area contributed by atoms with Gasteiger partial charge in [0, 0.05) is 25.3 Å². The molecule has 0 aromatic heterocycles. The SMILES string of the molecule is CCC(CC)CNC(=NC)Nc1ccc(OC)c(OC)c1.I. The maximum atomic E-state index is 5.30. The van der Waals surface area contributed by atoms with Crippen LogP contribution in [0.15, 0.2) is 23.2 Å². The first-order chi connectivity index (χ1) is 10.2. The highest BCUT2D eigenvalue weighted by molar-refractivity contribution is 14.0. The van der Waals surface area contributed by atoms with E-state index in [1.807, 2.05) is 18.2 Å². The number of nitrogens with one attached hydrogen (secondary N) is 2. The number of hydrogen-bond donors (Lipinski definition) is 2. The zero-order chi connectivity index (χ0) is 15.7. The Hall–Kier alpha value is -1.18. The van der Waals surface area contributed by atoms with E-state index in [9.17, 15) is 0 Å². The number of halogens is 1. The predicted octanol–water partition coefficient (Wildman–Crippen LogP) is 3.75. The minimum Gasteiger partial charge on any atom is -0.493 e. The Bertz CT molecular complexity index is 463. The monoisotopic (exact) mass is 421 g/mol. The molecule has 6 heteroatoms. The van der Waals surface area contributed by atoms with Gasteiger partial charge < -0.3 is 20.1 Å². The quantitative estimate of drug-likeness (QED) is 0.400. The van der Waals surface area contributed by atoms with E-state index in [4.69, 9.17) is 9.47 Å². The summed E-state index contributed by atoms with van der Waals surface area (Å²) in [7, 11) is 5.02. The van der Waals surface area contributed by atoms with Crippen LogP contribution in [0.4, 0.5) is 5.69 Å². The second kappa shape index (κ2) is 11.4. The van der Waals surface area contributed by atoms with Gasteiger partial charge in [-0.05, 0) is 18.1 Å². The number of hydrogen-bond acceptors (Lipinski definition) is 3. The standard InChI is InChI=1S/C16H27N3O2.HI/c1-6-12(7-2)11-18-16(17-3)19-13-8-9-14(20-4)15(10-13)21-5;/h8-10,12H,6-7,11H2,1-5H3,(H2,17,18,19);1H. The van der Waals surface area contributed by atoms with Crippen molar-refractivity contribution in [1.82, 2.24) is 5.32 Å². The highest BCUT2D eigenvalue weighted by atomic mass is 127. The first kappa shape index (κ1) is 20.8. The normalized spacial score (nSPS) is 10.9. The summed E-state index contributed by atoms with van der Waals surface area (Å²) in [5, 5.41) is 6.61. The van der Waals surface area contributed by atoms with Gasteiger partial charge in [0.15, 0.2) is 17.5 Å². The topological polar surface area (TPSA) is 54.9 Å². The summed E-state index contributed by atoms with van der Waals surface area (Å²) >= 11 is 0. The molecular formula is C16H28IN3O2. The van der Waals surface area contributed by atoms with Crippen LogP contribution in [0, 0.1) is 5.92 Å².